The summed E-state index contributed by atoms with van der Waals surface area (Å²) in [5, 5.41) is 8.58. The molecule has 2 N–H and O–H groups in total. The molecule has 0 aliphatic rings. The minimum atomic E-state index is 0.542. The largest absolute Gasteiger partial charge is 0.399 e. The fourth-order valence-corrected chi connectivity index (χ4v) is 3.33. The third-order valence-electron chi connectivity index (χ3n) is 2.55. The third-order valence-corrected chi connectivity index (χ3v) is 4.72. The van der Waals surface area contributed by atoms with Crippen molar-refractivity contribution in [1.29, 1.82) is 0 Å². The van der Waals surface area contributed by atoms with E-state index in [2.05, 4.69) is 10.1 Å². The highest BCUT2D eigenvalue weighted by atomic mass is 35.5. The molecule has 2 aromatic heterocycles. The number of thioether (sulfide) groups is 1. The Hall–Kier alpha value is -1.50. The van der Waals surface area contributed by atoms with Gasteiger partial charge in [-0.1, -0.05) is 16.8 Å². The highest BCUT2D eigenvalue weighted by molar-refractivity contribution is 7.98. The Morgan fingerprint density at radius 2 is 2.25 bits per heavy atom. The molecule has 0 bridgehead atoms. The van der Waals surface area contributed by atoms with E-state index in [1.807, 2.05) is 22.9 Å². The van der Waals surface area contributed by atoms with Crippen LogP contribution in [0.4, 0.5) is 5.69 Å². The van der Waals surface area contributed by atoms with Crippen molar-refractivity contribution >= 4 is 40.4 Å². The molecule has 0 unspecified atom stereocenters. The number of rotatable bonds is 4. The number of nitrogens with zero attached hydrogens (tertiary/aromatic N) is 2. The van der Waals surface area contributed by atoms with Crippen LogP contribution in [0.25, 0.3) is 11.5 Å². The van der Waals surface area contributed by atoms with Crippen molar-refractivity contribution in [3.05, 3.63) is 45.9 Å². The molecule has 7 heteroatoms. The Bertz CT molecular complexity index is 712. The zero-order valence-electron chi connectivity index (χ0n) is 10.2. The number of anilines is 1. The van der Waals surface area contributed by atoms with E-state index >= 15 is 0 Å². The van der Waals surface area contributed by atoms with Gasteiger partial charge in [0.1, 0.15) is 0 Å². The van der Waals surface area contributed by atoms with Gasteiger partial charge >= 0.3 is 0 Å². The van der Waals surface area contributed by atoms with E-state index < -0.39 is 0 Å². The van der Waals surface area contributed by atoms with E-state index in [0.29, 0.717) is 28.2 Å². The molecule has 20 heavy (non-hydrogen) atoms. The van der Waals surface area contributed by atoms with Gasteiger partial charge in [0.2, 0.25) is 0 Å². The number of benzene rings is 1. The van der Waals surface area contributed by atoms with Gasteiger partial charge in [-0.2, -0.15) is 16.3 Å². The molecule has 0 fully saturated rings. The summed E-state index contributed by atoms with van der Waals surface area (Å²) < 4.78 is 5.23. The van der Waals surface area contributed by atoms with E-state index in [-0.39, 0.29) is 0 Å². The molecule has 0 radical (unpaired) electrons. The van der Waals surface area contributed by atoms with E-state index in [4.69, 9.17) is 21.9 Å². The standard InChI is InChI=1S/C13H10ClN3OS2/c14-10-2-1-9(15)5-11(10)20-7-12-16-13(18-17-12)8-3-4-19-6-8/h1-6H,7,15H2. The van der Waals surface area contributed by atoms with Crippen LogP contribution < -0.4 is 5.73 Å². The Balaban J connectivity index is 1.71. The molecule has 0 saturated carbocycles. The Kier molecular flexibility index (Phi) is 3.95. The molecular formula is C13H10ClN3OS2. The first-order chi connectivity index (χ1) is 9.72. The Labute approximate surface area is 129 Å². The molecule has 0 aliphatic carbocycles. The average Bonchev–Trinajstić information content (AvgIpc) is 3.09. The maximum absolute atomic E-state index is 6.11. The van der Waals surface area contributed by atoms with Crippen LogP contribution >= 0.6 is 34.7 Å². The van der Waals surface area contributed by atoms with Crippen molar-refractivity contribution in [3.63, 3.8) is 0 Å². The normalized spacial score (nSPS) is 10.8. The van der Waals surface area contributed by atoms with Crippen LogP contribution in [0.5, 0.6) is 0 Å². The summed E-state index contributed by atoms with van der Waals surface area (Å²) >= 11 is 9.23. The molecule has 3 aromatic rings. The van der Waals surface area contributed by atoms with Crippen molar-refractivity contribution in [2.24, 2.45) is 0 Å². The zero-order valence-corrected chi connectivity index (χ0v) is 12.6. The van der Waals surface area contributed by atoms with Crippen LogP contribution in [0, 0.1) is 0 Å². The molecule has 0 saturated heterocycles. The SMILES string of the molecule is Nc1ccc(Cl)c(SCc2noc(-c3ccsc3)n2)c1. The van der Waals surface area contributed by atoms with Gasteiger partial charge in [-0.05, 0) is 29.6 Å². The zero-order chi connectivity index (χ0) is 13.9. The van der Waals surface area contributed by atoms with Crippen molar-refractivity contribution in [2.75, 3.05) is 5.73 Å². The average molecular weight is 324 g/mol. The van der Waals surface area contributed by atoms with Gasteiger partial charge in [0.05, 0.1) is 16.3 Å². The first kappa shape index (κ1) is 13.5. The summed E-state index contributed by atoms with van der Waals surface area (Å²) in [5.74, 6) is 1.76. The first-order valence-electron chi connectivity index (χ1n) is 5.75. The monoisotopic (exact) mass is 323 g/mol. The molecule has 3 rings (SSSR count). The molecule has 4 nitrogen and oxygen atoms in total. The Morgan fingerprint density at radius 1 is 1.35 bits per heavy atom. The molecule has 0 atom stereocenters. The highest BCUT2D eigenvalue weighted by Crippen LogP contribution is 2.31. The van der Waals surface area contributed by atoms with Crippen LogP contribution in [-0.4, -0.2) is 10.1 Å². The Morgan fingerprint density at radius 3 is 3.05 bits per heavy atom. The quantitative estimate of drug-likeness (QED) is 0.572. The number of nitrogens with two attached hydrogens (primary N) is 1. The lowest BCUT2D eigenvalue weighted by molar-refractivity contribution is 0.425. The second-order valence-electron chi connectivity index (χ2n) is 4.01. The summed E-state index contributed by atoms with van der Waals surface area (Å²) in [7, 11) is 0. The lowest BCUT2D eigenvalue weighted by Crippen LogP contribution is -1.87. The van der Waals surface area contributed by atoms with Crippen molar-refractivity contribution in [2.45, 2.75) is 10.6 Å². The second kappa shape index (κ2) is 5.87. The van der Waals surface area contributed by atoms with Crippen LogP contribution in [0.2, 0.25) is 5.02 Å². The van der Waals surface area contributed by atoms with Gasteiger partial charge in [0.25, 0.3) is 5.89 Å². The van der Waals surface area contributed by atoms with Gasteiger partial charge in [-0.3, -0.25) is 0 Å². The molecule has 2 heterocycles. The number of aromatic nitrogens is 2. The second-order valence-corrected chi connectivity index (χ2v) is 6.21. The predicted octanol–water partition coefficient (Wildman–Crippen LogP) is 4.33. The van der Waals surface area contributed by atoms with Gasteiger partial charge < -0.3 is 10.3 Å². The maximum Gasteiger partial charge on any atom is 0.258 e. The highest BCUT2D eigenvalue weighted by Gasteiger charge is 2.10. The molecule has 0 spiro atoms. The molecule has 1 aromatic carbocycles. The fourth-order valence-electron chi connectivity index (χ4n) is 1.59. The fraction of sp³-hybridized carbons (Fsp3) is 0.0769. The van der Waals surface area contributed by atoms with Gasteiger partial charge in [-0.25, -0.2) is 0 Å². The lowest BCUT2D eigenvalue weighted by atomic mass is 10.3. The van der Waals surface area contributed by atoms with Crippen molar-refractivity contribution < 1.29 is 4.52 Å². The minimum Gasteiger partial charge on any atom is -0.399 e. The molecule has 0 amide bonds. The first-order valence-corrected chi connectivity index (χ1v) is 8.06. The van der Waals surface area contributed by atoms with E-state index in [9.17, 15) is 0 Å². The molecule has 102 valence electrons. The number of hydrogen-bond donors (Lipinski definition) is 1. The summed E-state index contributed by atoms with van der Waals surface area (Å²) in [6.07, 6.45) is 0. The summed E-state index contributed by atoms with van der Waals surface area (Å²) in [5.41, 5.74) is 7.37. The van der Waals surface area contributed by atoms with Crippen molar-refractivity contribution in [1.82, 2.24) is 10.1 Å². The minimum absolute atomic E-state index is 0.542. The predicted molar refractivity (Wildman–Crippen MR) is 83.0 cm³/mol. The molecular weight excluding hydrogens is 314 g/mol. The summed E-state index contributed by atoms with van der Waals surface area (Å²) in [4.78, 5) is 5.26. The van der Waals surface area contributed by atoms with Gasteiger partial charge in [0, 0.05) is 16.0 Å². The molecule has 0 aliphatic heterocycles. The maximum atomic E-state index is 6.11. The topological polar surface area (TPSA) is 64.9 Å². The number of halogens is 1. The van der Waals surface area contributed by atoms with Crippen LogP contribution in [-0.2, 0) is 5.75 Å². The lowest BCUT2D eigenvalue weighted by Gasteiger charge is -2.02. The summed E-state index contributed by atoms with van der Waals surface area (Å²) in [6, 6.07) is 7.35. The van der Waals surface area contributed by atoms with E-state index in [0.717, 1.165) is 10.5 Å². The van der Waals surface area contributed by atoms with Crippen molar-refractivity contribution in [3.8, 4) is 11.5 Å². The van der Waals surface area contributed by atoms with E-state index in [1.165, 1.54) is 11.8 Å². The third kappa shape index (κ3) is 2.98. The summed E-state index contributed by atoms with van der Waals surface area (Å²) in [6.45, 7) is 0. The van der Waals surface area contributed by atoms with E-state index in [1.54, 1.807) is 23.5 Å². The van der Waals surface area contributed by atoms with Crippen LogP contribution in [0.1, 0.15) is 5.82 Å². The smallest absolute Gasteiger partial charge is 0.258 e. The number of nitrogen functional groups attached to an aromatic ring is 1. The van der Waals surface area contributed by atoms with Crippen LogP contribution in [0.3, 0.4) is 0 Å². The van der Waals surface area contributed by atoms with Crippen LogP contribution in [0.15, 0.2) is 44.4 Å². The van der Waals surface area contributed by atoms with Gasteiger partial charge in [-0.15, -0.1) is 11.8 Å². The number of hydrogen-bond acceptors (Lipinski definition) is 6. The van der Waals surface area contributed by atoms with Gasteiger partial charge in [0.15, 0.2) is 5.82 Å². The number of thiophene rings is 1.